The van der Waals surface area contributed by atoms with Gasteiger partial charge in [-0.1, -0.05) is 25.4 Å². The predicted octanol–water partition coefficient (Wildman–Crippen LogP) is 1.35. The number of nitrogens with zero attached hydrogens (tertiary/aromatic N) is 1. The van der Waals surface area contributed by atoms with Crippen molar-refractivity contribution >= 4 is 29.3 Å². The lowest BCUT2D eigenvalue weighted by Gasteiger charge is -2.19. The Morgan fingerprint density at radius 2 is 2.11 bits per heavy atom. The van der Waals surface area contributed by atoms with Crippen LogP contribution in [0.4, 0.5) is 5.82 Å². The second-order valence-electron chi connectivity index (χ2n) is 4.12. The zero-order valence-corrected chi connectivity index (χ0v) is 10.7. The number of hydrogen-bond donors (Lipinski definition) is 3. The van der Waals surface area contributed by atoms with Gasteiger partial charge in [0.15, 0.2) is 0 Å². The normalized spacial score (nSPS) is 12.2. The molecule has 0 saturated carbocycles. The second-order valence-corrected chi connectivity index (χ2v) is 4.53. The van der Waals surface area contributed by atoms with Crippen molar-refractivity contribution in [3.63, 3.8) is 0 Å². The summed E-state index contributed by atoms with van der Waals surface area (Å²) in [5.41, 5.74) is 5.16. The highest BCUT2D eigenvalue weighted by Gasteiger charge is 2.20. The van der Waals surface area contributed by atoms with Gasteiger partial charge in [-0.3, -0.25) is 4.79 Å². The van der Waals surface area contributed by atoms with Gasteiger partial charge in [0.05, 0.1) is 10.6 Å². The third-order valence-corrected chi connectivity index (χ3v) is 2.66. The minimum Gasteiger partial charge on any atom is -0.478 e. The molecule has 0 aliphatic rings. The molecule has 1 aromatic heterocycles. The SMILES string of the molecule is CC(C)C(Nc1cc(C(=O)O)c(Cl)cn1)C(N)=O. The van der Waals surface area contributed by atoms with Crippen LogP contribution < -0.4 is 11.1 Å². The van der Waals surface area contributed by atoms with Crippen LogP contribution in [-0.2, 0) is 4.79 Å². The molecule has 0 fully saturated rings. The van der Waals surface area contributed by atoms with Crippen LogP contribution in [-0.4, -0.2) is 28.0 Å². The van der Waals surface area contributed by atoms with E-state index in [-0.39, 0.29) is 22.3 Å². The Kier molecular flexibility index (Phi) is 4.49. The molecule has 0 aromatic carbocycles. The van der Waals surface area contributed by atoms with E-state index < -0.39 is 17.9 Å². The third-order valence-electron chi connectivity index (χ3n) is 2.36. The lowest BCUT2D eigenvalue weighted by atomic mass is 10.0. The molecule has 1 aromatic rings. The number of rotatable bonds is 5. The van der Waals surface area contributed by atoms with Crippen LogP contribution in [0, 0.1) is 5.92 Å². The van der Waals surface area contributed by atoms with Crippen LogP contribution in [0.3, 0.4) is 0 Å². The summed E-state index contributed by atoms with van der Waals surface area (Å²) in [6.45, 7) is 3.63. The molecular weight excluding hydrogens is 258 g/mol. The van der Waals surface area contributed by atoms with E-state index in [0.29, 0.717) is 0 Å². The van der Waals surface area contributed by atoms with E-state index in [1.807, 2.05) is 13.8 Å². The van der Waals surface area contributed by atoms with Crippen molar-refractivity contribution in [2.75, 3.05) is 5.32 Å². The monoisotopic (exact) mass is 271 g/mol. The van der Waals surface area contributed by atoms with E-state index in [1.54, 1.807) is 0 Å². The highest BCUT2D eigenvalue weighted by Crippen LogP contribution is 2.19. The molecule has 0 aliphatic carbocycles. The fourth-order valence-electron chi connectivity index (χ4n) is 1.41. The van der Waals surface area contributed by atoms with Gasteiger partial charge < -0.3 is 16.2 Å². The fourth-order valence-corrected chi connectivity index (χ4v) is 1.59. The first-order valence-corrected chi connectivity index (χ1v) is 5.65. The molecule has 4 N–H and O–H groups in total. The number of anilines is 1. The molecule has 0 aliphatic heterocycles. The minimum absolute atomic E-state index is 0.0354. The van der Waals surface area contributed by atoms with Crippen LogP contribution in [0.25, 0.3) is 0 Å². The smallest absolute Gasteiger partial charge is 0.337 e. The minimum atomic E-state index is -1.16. The molecule has 0 radical (unpaired) electrons. The quantitative estimate of drug-likeness (QED) is 0.750. The zero-order valence-electron chi connectivity index (χ0n) is 9.98. The number of nitrogens with two attached hydrogens (primary N) is 1. The number of nitrogens with one attached hydrogen (secondary N) is 1. The number of carbonyl (C=O) groups is 2. The average molecular weight is 272 g/mol. The van der Waals surface area contributed by atoms with Crippen LogP contribution in [0.1, 0.15) is 24.2 Å². The Hall–Kier alpha value is -1.82. The largest absolute Gasteiger partial charge is 0.478 e. The van der Waals surface area contributed by atoms with Crippen molar-refractivity contribution < 1.29 is 14.7 Å². The number of aromatic carboxylic acids is 1. The summed E-state index contributed by atoms with van der Waals surface area (Å²) in [4.78, 5) is 26.0. The van der Waals surface area contributed by atoms with E-state index in [0.717, 1.165) is 0 Å². The van der Waals surface area contributed by atoms with Crippen LogP contribution in [0.15, 0.2) is 12.3 Å². The molecule has 6 nitrogen and oxygen atoms in total. The number of hydrogen-bond acceptors (Lipinski definition) is 4. The molecule has 98 valence electrons. The fraction of sp³-hybridized carbons (Fsp3) is 0.364. The van der Waals surface area contributed by atoms with Crippen LogP contribution >= 0.6 is 11.6 Å². The summed E-state index contributed by atoms with van der Waals surface area (Å²) in [6, 6.07) is 0.642. The molecule has 0 saturated heterocycles. The molecular formula is C11H14ClN3O3. The number of pyridine rings is 1. The van der Waals surface area contributed by atoms with Crippen molar-refractivity contribution in [1.29, 1.82) is 0 Å². The molecule has 1 heterocycles. The Bertz CT molecular complexity index is 477. The Labute approximate surface area is 109 Å². The van der Waals surface area contributed by atoms with Gasteiger partial charge in [-0.15, -0.1) is 0 Å². The number of amides is 1. The van der Waals surface area contributed by atoms with Crippen molar-refractivity contribution in [3.8, 4) is 0 Å². The number of carboxylic acids is 1. The van der Waals surface area contributed by atoms with E-state index >= 15 is 0 Å². The maximum atomic E-state index is 11.2. The molecule has 0 spiro atoms. The second kappa shape index (κ2) is 5.68. The molecule has 1 amide bonds. The summed E-state index contributed by atoms with van der Waals surface area (Å²) in [6.07, 6.45) is 1.21. The number of halogens is 1. The molecule has 0 bridgehead atoms. The molecule has 7 heteroatoms. The van der Waals surface area contributed by atoms with E-state index in [2.05, 4.69) is 10.3 Å². The number of carbonyl (C=O) groups excluding carboxylic acids is 1. The van der Waals surface area contributed by atoms with Crippen molar-refractivity contribution in [1.82, 2.24) is 4.98 Å². The summed E-state index contributed by atoms with van der Waals surface area (Å²) in [5, 5.41) is 11.7. The molecule has 1 rings (SSSR count). The summed E-state index contributed by atoms with van der Waals surface area (Å²) in [5.74, 6) is -1.49. The predicted molar refractivity (Wildman–Crippen MR) is 67.6 cm³/mol. The first-order chi connectivity index (χ1) is 8.32. The standard InChI is InChI=1S/C11H14ClN3O3/c1-5(2)9(10(13)16)15-8-3-6(11(17)18)7(12)4-14-8/h3-5,9H,1-2H3,(H2,13,16)(H,14,15)(H,17,18). The number of carboxylic acid groups (broad SMARTS) is 1. The lowest BCUT2D eigenvalue weighted by molar-refractivity contribution is -0.119. The maximum Gasteiger partial charge on any atom is 0.337 e. The van der Waals surface area contributed by atoms with Crippen molar-refractivity contribution in [2.45, 2.75) is 19.9 Å². The molecule has 18 heavy (non-hydrogen) atoms. The van der Waals surface area contributed by atoms with E-state index in [9.17, 15) is 9.59 Å². The summed E-state index contributed by atoms with van der Waals surface area (Å²) >= 11 is 5.69. The maximum absolute atomic E-state index is 11.2. The lowest BCUT2D eigenvalue weighted by Crippen LogP contribution is -2.39. The van der Waals surface area contributed by atoms with E-state index in [1.165, 1.54) is 12.3 Å². The average Bonchev–Trinajstić information content (AvgIpc) is 2.26. The summed E-state index contributed by atoms with van der Waals surface area (Å²) in [7, 11) is 0. The van der Waals surface area contributed by atoms with Gasteiger partial charge in [-0.05, 0) is 12.0 Å². The first-order valence-electron chi connectivity index (χ1n) is 5.27. The van der Waals surface area contributed by atoms with Gasteiger partial charge in [0.2, 0.25) is 5.91 Å². The third kappa shape index (κ3) is 3.33. The Balaban J connectivity index is 3.01. The van der Waals surface area contributed by atoms with Gasteiger partial charge in [0.1, 0.15) is 11.9 Å². The first kappa shape index (κ1) is 14.2. The number of aromatic nitrogens is 1. The van der Waals surface area contributed by atoms with Crippen LogP contribution in [0.5, 0.6) is 0 Å². The van der Waals surface area contributed by atoms with Gasteiger partial charge in [-0.2, -0.15) is 0 Å². The van der Waals surface area contributed by atoms with Crippen molar-refractivity contribution in [3.05, 3.63) is 22.8 Å². The summed E-state index contributed by atoms with van der Waals surface area (Å²) < 4.78 is 0. The van der Waals surface area contributed by atoms with Gasteiger partial charge in [0.25, 0.3) is 0 Å². The van der Waals surface area contributed by atoms with Gasteiger partial charge in [0, 0.05) is 6.20 Å². The van der Waals surface area contributed by atoms with Gasteiger partial charge >= 0.3 is 5.97 Å². The Morgan fingerprint density at radius 3 is 2.56 bits per heavy atom. The topological polar surface area (TPSA) is 105 Å². The van der Waals surface area contributed by atoms with Crippen LogP contribution in [0.2, 0.25) is 5.02 Å². The number of primary amides is 1. The zero-order chi connectivity index (χ0) is 13.9. The van der Waals surface area contributed by atoms with E-state index in [4.69, 9.17) is 22.4 Å². The Morgan fingerprint density at radius 1 is 1.50 bits per heavy atom. The highest BCUT2D eigenvalue weighted by molar-refractivity contribution is 6.33. The highest BCUT2D eigenvalue weighted by atomic mass is 35.5. The van der Waals surface area contributed by atoms with Crippen molar-refractivity contribution in [2.24, 2.45) is 11.7 Å². The molecule has 1 unspecified atom stereocenters. The molecule has 1 atom stereocenters. The van der Waals surface area contributed by atoms with Gasteiger partial charge in [-0.25, -0.2) is 9.78 Å².